The van der Waals surface area contributed by atoms with E-state index in [0.29, 0.717) is 5.75 Å². The summed E-state index contributed by atoms with van der Waals surface area (Å²) in [6, 6.07) is 18.3. The fraction of sp³-hybridized carbons (Fsp3) is 0.348. The first-order chi connectivity index (χ1) is 13.3. The molecular formula is C23H26N2OS. The molecular weight excluding hydrogens is 352 g/mol. The molecule has 2 heterocycles. The van der Waals surface area contributed by atoms with Gasteiger partial charge in [0.1, 0.15) is 5.75 Å². The van der Waals surface area contributed by atoms with Crippen molar-refractivity contribution in [1.29, 1.82) is 0 Å². The molecule has 0 atom stereocenters. The van der Waals surface area contributed by atoms with Crippen LogP contribution in [0.3, 0.4) is 0 Å². The largest absolute Gasteiger partial charge is 0.506 e. The Labute approximate surface area is 165 Å². The zero-order chi connectivity index (χ0) is 18.5. The predicted octanol–water partition coefficient (Wildman–Crippen LogP) is 5.32. The van der Waals surface area contributed by atoms with Gasteiger partial charge in [-0.3, -0.25) is 4.99 Å². The van der Waals surface area contributed by atoms with E-state index < -0.39 is 0 Å². The van der Waals surface area contributed by atoms with Crippen LogP contribution in [0.15, 0.2) is 59.6 Å². The summed E-state index contributed by atoms with van der Waals surface area (Å²) in [6.45, 7) is 4.12. The standard InChI is InChI=1S/C23H26N2OS/c26-22-19-12-6-7-13-20(19)27-23(22)21(18-10-4-3-5-11-18)24-14-17-25-15-8-1-2-9-16-25/h3-7,10-13,26H,1-2,8-9,14-17H2. The Morgan fingerprint density at radius 1 is 0.926 bits per heavy atom. The minimum atomic E-state index is 0.355. The van der Waals surface area contributed by atoms with Gasteiger partial charge in [-0.2, -0.15) is 0 Å². The van der Waals surface area contributed by atoms with Crippen LogP contribution < -0.4 is 0 Å². The van der Waals surface area contributed by atoms with E-state index in [-0.39, 0.29) is 0 Å². The molecule has 3 nitrogen and oxygen atoms in total. The molecule has 0 aliphatic carbocycles. The third-order valence-electron chi connectivity index (χ3n) is 5.22. The first-order valence-electron chi connectivity index (χ1n) is 9.86. The van der Waals surface area contributed by atoms with Crippen LogP contribution >= 0.6 is 11.3 Å². The summed E-state index contributed by atoms with van der Waals surface area (Å²) in [5.74, 6) is 0.355. The molecule has 27 heavy (non-hydrogen) atoms. The third kappa shape index (κ3) is 4.23. The Morgan fingerprint density at radius 3 is 2.37 bits per heavy atom. The van der Waals surface area contributed by atoms with Crippen molar-refractivity contribution in [2.24, 2.45) is 4.99 Å². The lowest BCUT2D eigenvalue weighted by Gasteiger charge is -2.18. The fourth-order valence-corrected chi connectivity index (χ4v) is 4.87. The summed E-state index contributed by atoms with van der Waals surface area (Å²) < 4.78 is 1.10. The monoisotopic (exact) mass is 378 g/mol. The maximum atomic E-state index is 10.8. The van der Waals surface area contributed by atoms with Gasteiger partial charge in [0.2, 0.25) is 0 Å². The molecule has 1 N–H and O–H groups in total. The van der Waals surface area contributed by atoms with Gasteiger partial charge in [0.25, 0.3) is 0 Å². The van der Waals surface area contributed by atoms with E-state index in [4.69, 9.17) is 4.99 Å². The Bertz CT molecular complexity index is 909. The first-order valence-corrected chi connectivity index (χ1v) is 10.7. The van der Waals surface area contributed by atoms with Crippen molar-refractivity contribution >= 4 is 27.1 Å². The number of thiophene rings is 1. The summed E-state index contributed by atoms with van der Waals surface area (Å²) in [6.07, 6.45) is 5.30. The Morgan fingerprint density at radius 2 is 1.63 bits per heavy atom. The number of aromatic hydroxyl groups is 1. The van der Waals surface area contributed by atoms with E-state index in [0.717, 1.165) is 39.3 Å². The van der Waals surface area contributed by atoms with E-state index in [2.05, 4.69) is 23.1 Å². The highest BCUT2D eigenvalue weighted by Crippen LogP contribution is 2.38. The molecule has 0 amide bonds. The lowest BCUT2D eigenvalue weighted by molar-refractivity contribution is 0.293. The molecule has 140 valence electrons. The first kappa shape index (κ1) is 18.2. The Kier molecular flexibility index (Phi) is 5.85. The van der Waals surface area contributed by atoms with Gasteiger partial charge >= 0.3 is 0 Å². The SMILES string of the molecule is Oc1c(C(=NCCN2CCCCCC2)c2ccccc2)sc2ccccc12. The van der Waals surface area contributed by atoms with Crippen LogP contribution in [0.5, 0.6) is 5.75 Å². The quantitative estimate of drug-likeness (QED) is 0.610. The van der Waals surface area contributed by atoms with E-state index >= 15 is 0 Å². The van der Waals surface area contributed by atoms with Gasteiger partial charge in [0, 0.05) is 22.2 Å². The molecule has 0 spiro atoms. The molecule has 2 aromatic carbocycles. The van der Waals surface area contributed by atoms with Crippen LogP contribution in [0.25, 0.3) is 10.1 Å². The lowest BCUT2D eigenvalue weighted by Crippen LogP contribution is -2.27. The number of hydrogen-bond acceptors (Lipinski definition) is 4. The zero-order valence-corrected chi connectivity index (χ0v) is 16.4. The van der Waals surface area contributed by atoms with E-state index in [9.17, 15) is 5.11 Å². The van der Waals surface area contributed by atoms with Crippen molar-refractivity contribution in [1.82, 2.24) is 4.90 Å². The molecule has 4 rings (SSSR count). The average molecular weight is 379 g/mol. The molecule has 3 aromatic rings. The van der Waals surface area contributed by atoms with Gasteiger partial charge < -0.3 is 10.0 Å². The second-order valence-corrected chi connectivity index (χ2v) is 8.18. The zero-order valence-electron chi connectivity index (χ0n) is 15.6. The van der Waals surface area contributed by atoms with Gasteiger partial charge in [-0.1, -0.05) is 55.3 Å². The average Bonchev–Trinajstić information content (AvgIpc) is 2.87. The van der Waals surface area contributed by atoms with Crippen LogP contribution in [0.4, 0.5) is 0 Å². The third-order valence-corrected chi connectivity index (χ3v) is 6.38. The minimum absolute atomic E-state index is 0.355. The van der Waals surface area contributed by atoms with Crippen LogP contribution in [0.1, 0.15) is 36.1 Å². The summed E-state index contributed by atoms with van der Waals surface area (Å²) in [7, 11) is 0. The molecule has 0 bridgehead atoms. The van der Waals surface area contributed by atoms with Crippen molar-refractivity contribution in [3.05, 3.63) is 65.0 Å². The smallest absolute Gasteiger partial charge is 0.143 e. The summed E-state index contributed by atoms with van der Waals surface area (Å²) in [5.41, 5.74) is 1.97. The summed E-state index contributed by atoms with van der Waals surface area (Å²) in [5, 5.41) is 11.7. The molecule has 1 aromatic heterocycles. The number of rotatable bonds is 5. The van der Waals surface area contributed by atoms with Crippen molar-refractivity contribution in [2.75, 3.05) is 26.2 Å². The normalized spacial score (nSPS) is 16.5. The number of hydrogen-bond donors (Lipinski definition) is 1. The summed E-state index contributed by atoms with van der Waals surface area (Å²) in [4.78, 5) is 8.38. The summed E-state index contributed by atoms with van der Waals surface area (Å²) >= 11 is 1.62. The molecule has 1 saturated heterocycles. The predicted molar refractivity (Wildman–Crippen MR) is 115 cm³/mol. The van der Waals surface area contributed by atoms with Crippen molar-refractivity contribution in [3.8, 4) is 5.75 Å². The second kappa shape index (κ2) is 8.68. The molecule has 0 radical (unpaired) electrons. The van der Waals surface area contributed by atoms with E-state index in [1.807, 2.05) is 36.4 Å². The number of fused-ring (bicyclic) bond motifs is 1. The maximum Gasteiger partial charge on any atom is 0.143 e. The van der Waals surface area contributed by atoms with E-state index in [1.54, 1.807) is 11.3 Å². The van der Waals surface area contributed by atoms with E-state index in [1.165, 1.54) is 38.8 Å². The number of nitrogens with zero attached hydrogens (tertiary/aromatic N) is 2. The van der Waals surface area contributed by atoms with Gasteiger partial charge in [-0.05, 0) is 38.1 Å². The molecule has 1 aliphatic heterocycles. The van der Waals surface area contributed by atoms with Crippen LogP contribution in [0.2, 0.25) is 0 Å². The molecule has 1 aliphatic rings. The number of aliphatic imine (C=N–C) groups is 1. The van der Waals surface area contributed by atoms with Crippen molar-refractivity contribution in [3.63, 3.8) is 0 Å². The molecule has 1 fully saturated rings. The Balaban J connectivity index is 1.63. The van der Waals surface area contributed by atoms with Crippen LogP contribution in [-0.2, 0) is 0 Å². The molecule has 4 heteroatoms. The lowest BCUT2D eigenvalue weighted by atomic mass is 10.1. The number of benzene rings is 2. The minimum Gasteiger partial charge on any atom is -0.506 e. The fourth-order valence-electron chi connectivity index (χ4n) is 3.75. The van der Waals surface area contributed by atoms with Crippen molar-refractivity contribution < 1.29 is 5.11 Å². The van der Waals surface area contributed by atoms with Gasteiger partial charge in [-0.25, -0.2) is 0 Å². The molecule has 0 saturated carbocycles. The van der Waals surface area contributed by atoms with Gasteiger partial charge in [-0.15, -0.1) is 11.3 Å². The topological polar surface area (TPSA) is 35.8 Å². The maximum absolute atomic E-state index is 10.8. The highest BCUT2D eigenvalue weighted by molar-refractivity contribution is 7.21. The van der Waals surface area contributed by atoms with Gasteiger partial charge in [0.05, 0.1) is 17.1 Å². The van der Waals surface area contributed by atoms with Crippen molar-refractivity contribution in [2.45, 2.75) is 25.7 Å². The van der Waals surface area contributed by atoms with Crippen LogP contribution in [-0.4, -0.2) is 41.9 Å². The highest BCUT2D eigenvalue weighted by atomic mass is 32.1. The van der Waals surface area contributed by atoms with Crippen LogP contribution in [0, 0.1) is 0 Å². The van der Waals surface area contributed by atoms with Gasteiger partial charge in [0.15, 0.2) is 0 Å². The second-order valence-electron chi connectivity index (χ2n) is 7.13. The number of likely N-dealkylation sites (tertiary alicyclic amines) is 1. The molecule has 0 unspecified atom stereocenters. The highest BCUT2D eigenvalue weighted by Gasteiger charge is 2.17. The Hall–Kier alpha value is -2.17.